The average Bonchev–Trinajstić information content (AvgIpc) is 2.86. The van der Waals surface area contributed by atoms with E-state index in [2.05, 4.69) is 5.43 Å². The molecule has 0 saturated carbocycles. The third-order valence-electron chi connectivity index (χ3n) is 5.19. The number of nitrogens with zero attached hydrogens (tertiary/aromatic N) is 2. The third-order valence-corrected chi connectivity index (χ3v) is 5.19. The van der Waals surface area contributed by atoms with E-state index in [0.717, 1.165) is 11.1 Å². The van der Waals surface area contributed by atoms with Crippen molar-refractivity contribution >= 4 is 23.1 Å². The van der Waals surface area contributed by atoms with E-state index in [4.69, 9.17) is 9.72 Å². The Bertz CT molecular complexity index is 1300. The molecular weight excluding hydrogens is 410 g/mol. The summed E-state index contributed by atoms with van der Waals surface area (Å²) in [6, 6.07) is 27.5. The zero-order chi connectivity index (χ0) is 22.9. The largest absolute Gasteiger partial charge is 0.366 e. The van der Waals surface area contributed by atoms with Crippen molar-refractivity contribution in [2.24, 2.45) is 0 Å². The molecule has 4 aromatic rings. The molecule has 33 heavy (non-hydrogen) atoms. The molecule has 166 valence electrons. The van der Waals surface area contributed by atoms with Crippen LogP contribution in [-0.2, 0) is 4.74 Å². The molecule has 0 bridgehead atoms. The predicted molar refractivity (Wildman–Crippen MR) is 136 cm³/mol. The molecule has 1 aromatic heterocycles. The van der Waals surface area contributed by atoms with Gasteiger partial charge < -0.3 is 10.2 Å². The predicted octanol–water partition coefficient (Wildman–Crippen LogP) is 5.44. The molecule has 1 N–H and O–H groups in total. The minimum Gasteiger partial charge on any atom is -0.366 e. The Morgan fingerprint density at radius 2 is 1.48 bits per heavy atom. The first-order valence-electron chi connectivity index (χ1n) is 11.0. The van der Waals surface area contributed by atoms with Gasteiger partial charge in [-0.3, -0.25) is 4.79 Å². The van der Waals surface area contributed by atoms with E-state index in [0.29, 0.717) is 29.9 Å². The van der Waals surface area contributed by atoms with Gasteiger partial charge in [-0.1, -0.05) is 97.1 Å². The van der Waals surface area contributed by atoms with E-state index in [1.165, 1.54) is 4.68 Å². The van der Waals surface area contributed by atoms with E-state index in [9.17, 15) is 4.79 Å². The van der Waals surface area contributed by atoms with Crippen LogP contribution in [0.3, 0.4) is 0 Å². The smallest absolute Gasteiger partial charge is 0.280 e. The SMILES string of the molecule is C[C@H](OC/C=C\c1ccccc1)c1nc2ccccc2c(=O)n1NC/C=C/c1ccccc1. The summed E-state index contributed by atoms with van der Waals surface area (Å²) in [5, 5.41) is 0.567. The van der Waals surface area contributed by atoms with Crippen LogP contribution in [0.25, 0.3) is 23.1 Å². The van der Waals surface area contributed by atoms with Crippen molar-refractivity contribution in [2.45, 2.75) is 13.0 Å². The van der Waals surface area contributed by atoms with Gasteiger partial charge >= 0.3 is 0 Å². The molecule has 0 aliphatic rings. The lowest BCUT2D eigenvalue weighted by atomic mass is 10.2. The number of benzene rings is 3. The van der Waals surface area contributed by atoms with Crippen LogP contribution in [0.5, 0.6) is 0 Å². The highest BCUT2D eigenvalue weighted by Crippen LogP contribution is 2.16. The summed E-state index contributed by atoms with van der Waals surface area (Å²) in [6.45, 7) is 2.79. The molecule has 3 aromatic carbocycles. The van der Waals surface area contributed by atoms with Gasteiger partial charge in [0.15, 0.2) is 5.82 Å². The second kappa shape index (κ2) is 11.1. The monoisotopic (exact) mass is 437 g/mol. The van der Waals surface area contributed by atoms with Gasteiger partial charge in [0, 0.05) is 6.54 Å². The van der Waals surface area contributed by atoms with Gasteiger partial charge in [-0.05, 0) is 30.2 Å². The van der Waals surface area contributed by atoms with Crippen molar-refractivity contribution in [3.8, 4) is 0 Å². The van der Waals surface area contributed by atoms with E-state index >= 15 is 0 Å². The standard InChI is InChI=1S/C28H27N3O2/c1-22(33-21-11-17-24-14-6-3-7-15-24)27-30-26-19-9-8-18-25(26)28(32)31(27)29-20-10-16-23-12-4-2-5-13-23/h2-19,22,29H,20-21H2,1H3/b16-10+,17-11-/t22-/m0/s1. The zero-order valence-electron chi connectivity index (χ0n) is 18.6. The first-order chi connectivity index (χ1) is 16.2. The van der Waals surface area contributed by atoms with Gasteiger partial charge in [0.2, 0.25) is 0 Å². The van der Waals surface area contributed by atoms with E-state index < -0.39 is 0 Å². The normalized spacial score (nSPS) is 12.5. The maximum atomic E-state index is 13.2. The molecule has 5 nitrogen and oxygen atoms in total. The Labute approximate surface area is 193 Å². The summed E-state index contributed by atoms with van der Waals surface area (Å²) in [4.78, 5) is 17.9. The quantitative estimate of drug-likeness (QED) is 0.379. The summed E-state index contributed by atoms with van der Waals surface area (Å²) in [5.41, 5.74) is 5.93. The zero-order valence-corrected chi connectivity index (χ0v) is 18.6. The molecule has 0 saturated heterocycles. The minimum atomic E-state index is -0.381. The van der Waals surface area contributed by atoms with Crippen LogP contribution in [-0.4, -0.2) is 22.8 Å². The summed E-state index contributed by atoms with van der Waals surface area (Å²) < 4.78 is 7.51. The second-order valence-electron chi connectivity index (χ2n) is 7.59. The first kappa shape index (κ1) is 22.2. The molecule has 1 heterocycles. The van der Waals surface area contributed by atoms with Gasteiger partial charge in [0.05, 0.1) is 17.5 Å². The minimum absolute atomic E-state index is 0.140. The van der Waals surface area contributed by atoms with Gasteiger partial charge in [0.25, 0.3) is 5.56 Å². The van der Waals surface area contributed by atoms with Crippen molar-refractivity contribution in [1.29, 1.82) is 0 Å². The maximum Gasteiger partial charge on any atom is 0.280 e. The summed E-state index contributed by atoms with van der Waals surface area (Å²) >= 11 is 0. The van der Waals surface area contributed by atoms with Crippen LogP contribution in [0.15, 0.2) is 102 Å². The highest BCUT2D eigenvalue weighted by atomic mass is 16.5. The molecule has 0 spiro atoms. The summed E-state index contributed by atoms with van der Waals surface area (Å²) in [7, 11) is 0. The number of aromatic nitrogens is 2. The van der Waals surface area contributed by atoms with Crippen LogP contribution in [0, 0.1) is 0 Å². The fourth-order valence-electron chi connectivity index (χ4n) is 3.50. The molecule has 0 aliphatic carbocycles. The molecule has 0 aliphatic heterocycles. The lowest BCUT2D eigenvalue weighted by Gasteiger charge is -2.19. The molecule has 5 heteroatoms. The van der Waals surface area contributed by atoms with Crippen molar-refractivity contribution in [1.82, 2.24) is 9.66 Å². The molecule has 0 fully saturated rings. The Balaban J connectivity index is 1.52. The second-order valence-corrected chi connectivity index (χ2v) is 7.59. The third kappa shape index (κ3) is 5.84. The number of ether oxygens (including phenoxy) is 1. The Kier molecular flexibility index (Phi) is 7.46. The molecule has 1 atom stereocenters. The van der Waals surface area contributed by atoms with Crippen molar-refractivity contribution in [2.75, 3.05) is 18.6 Å². The molecule has 0 unspecified atom stereocenters. The molecule has 0 radical (unpaired) electrons. The van der Waals surface area contributed by atoms with Crippen molar-refractivity contribution in [3.63, 3.8) is 0 Å². The van der Waals surface area contributed by atoms with Crippen LogP contribution in [0.4, 0.5) is 0 Å². The fourth-order valence-corrected chi connectivity index (χ4v) is 3.50. The van der Waals surface area contributed by atoms with Gasteiger partial charge in [-0.15, -0.1) is 0 Å². The highest BCUT2D eigenvalue weighted by molar-refractivity contribution is 5.77. The Hall–Kier alpha value is -3.96. The van der Waals surface area contributed by atoms with Gasteiger partial charge in [-0.2, -0.15) is 0 Å². The molecular formula is C28H27N3O2. The van der Waals surface area contributed by atoms with Crippen LogP contribution in [0.1, 0.15) is 30.0 Å². The lowest BCUT2D eigenvalue weighted by Crippen LogP contribution is -2.34. The number of hydrogen-bond donors (Lipinski definition) is 1. The van der Waals surface area contributed by atoms with Gasteiger partial charge in [-0.25, -0.2) is 9.66 Å². The number of para-hydroxylation sites is 1. The summed E-state index contributed by atoms with van der Waals surface area (Å²) in [5.74, 6) is 0.542. The highest BCUT2D eigenvalue weighted by Gasteiger charge is 2.16. The summed E-state index contributed by atoms with van der Waals surface area (Å²) in [6.07, 6.45) is 7.59. The van der Waals surface area contributed by atoms with Crippen LogP contribution < -0.4 is 11.0 Å². The number of hydrogen-bond acceptors (Lipinski definition) is 4. The van der Waals surface area contributed by atoms with E-state index in [1.54, 1.807) is 6.07 Å². The Morgan fingerprint density at radius 1 is 0.879 bits per heavy atom. The van der Waals surface area contributed by atoms with Crippen molar-refractivity contribution in [3.05, 3.63) is 124 Å². The molecule has 0 amide bonds. The van der Waals surface area contributed by atoms with E-state index in [-0.39, 0.29) is 11.7 Å². The van der Waals surface area contributed by atoms with Crippen LogP contribution >= 0.6 is 0 Å². The Morgan fingerprint density at radius 3 is 2.18 bits per heavy atom. The fraction of sp³-hybridized carbons (Fsp3) is 0.143. The number of nitrogens with one attached hydrogen (secondary N) is 1. The first-order valence-corrected chi connectivity index (χ1v) is 11.0. The maximum absolute atomic E-state index is 13.2. The van der Waals surface area contributed by atoms with E-state index in [1.807, 2.05) is 110 Å². The lowest BCUT2D eigenvalue weighted by molar-refractivity contribution is 0.0796. The van der Waals surface area contributed by atoms with Crippen LogP contribution in [0.2, 0.25) is 0 Å². The number of rotatable bonds is 9. The molecule has 4 rings (SSSR count). The van der Waals surface area contributed by atoms with Gasteiger partial charge in [0.1, 0.15) is 6.10 Å². The van der Waals surface area contributed by atoms with Crippen molar-refractivity contribution < 1.29 is 4.74 Å². The number of fused-ring (bicyclic) bond motifs is 1. The topological polar surface area (TPSA) is 56.1 Å². The average molecular weight is 438 g/mol.